The van der Waals surface area contributed by atoms with Crippen LogP contribution in [0, 0.1) is 11.6 Å². The standard InChI is InChI=1S/C28H24F2N2O4S/c29-20-8-6-19(7-9-20)28(34)31(16-23-5-2-13-35-23)17-27(33)32-12-10-26-24(11-14-37-26)25(32)18-36-22-4-1-3-21(30)15-22/h1-9,11,13-15,25H,10,12,16-18H2. The Morgan fingerprint density at radius 2 is 1.89 bits per heavy atom. The van der Waals surface area contributed by atoms with Gasteiger partial charge < -0.3 is 19.0 Å². The Bertz CT molecular complexity index is 1370. The predicted octanol–water partition coefficient (Wildman–Crippen LogP) is 5.47. The molecule has 1 aliphatic heterocycles. The number of amides is 2. The smallest absolute Gasteiger partial charge is 0.254 e. The van der Waals surface area contributed by atoms with Gasteiger partial charge in [0.25, 0.3) is 5.91 Å². The number of hydrogen-bond acceptors (Lipinski definition) is 5. The van der Waals surface area contributed by atoms with Crippen molar-refractivity contribution < 1.29 is 27.5 Å². The van der Waals surface area contributed by atoms with Gasteiger partial charge in [0, 0.05) is 23.1 Å². The topological polar surface area (TPSA) is 63.0 Å². The van der Waals surface area contributed by atoms with Gasteiger partial charge in [0.15, 0.2) is 0 Å². The van der Waals surface area contributed by atoms with Crippen LogP contribution in [0.5, 0.6) is 5.75 Å². The van der Waals surface area contributed by atoms with Crippen molar-refractivity contribution in [2.75, 3.05) is 19.7 Å². The lowest BCUT2D eigenvalue weighted by atomic mass is 10.0. The fourth-order valence-electron chi connectivity index (χ4n) is 4.43. The molecule has 1 aliphatic rings. The van der Waals surface area contributed by atoms with Gasteiger partial charge in [0.2, 0.25) is 5.91 Å². The highest BCUT2D eigenvalue weighted by Crippen LogP contribution is 2.34. The molecule has 37 heavy (non-hydrogen) atoms. The molecule has 6 nitrogen and oxygen atoms in total. The molecule has 0 aliphatic carbocycles. The van der Waals surface area contributed by atoms with Crippen LogP contribution in [-0.2, 0) is 17.8 Å². The maximum absolute atomic E-state index is 13.7. The SMILES string of the molecule is O=C(c1ccc(F)cc1)N(CC(=O)N1CCc2sccc2C1COc1cccc(F)c1)Cc1ccco1. The van der Waals surface area contributed by atoms with Crippen molar-refractivity contribution in [1.82, 2.24) is 9.80 Å². The summed E-state index contributed by atoms with van der Waals surface area (Å²) < 4.78 is 38.4. The summed E-state index contributed by atoms with van der Waals surface area (Å²) in [7, 11) is 0. The molecule has 1 unspecified atom stereocenters. The highest BCUT2D eigenvalue weighted by Gasteiger charge is 2.34. The number of carbonyl (C=O) groups excluding carboxylic acids is 2. The fraction of sp³-hybridized carbons (Fsp3) is 0.214. The second-order valence-electron chi connectivity index (χ2n) is 8.67. The quantitative estimate of drug-likeness (QED) is 0.308. The maximum Gasteiger partial charge on any atom is 0.254 e. The van der Waals surface area contributed by atoms with E-state index in [1.807, 2.05) is 11.4 Å². The molecule has 0 bridgehead atoms. The molecule has 0 saturated carbocycles. The third kappa shape index (κ3) is 5.72. The minimum absolute atomic E-state index is 0.0803. The number of nitrogens with zero attached hydrogens (tertiary/aromatic N) is 2. The van der Waals surface area contributed by atoms with E-state index in [1.165, 1.54) is 52.4 Å². The summed E-state index contributed by atoms with van der Waals surface area (Å²) in [4.78, 5) is 31.3. The molecular weight excluding hydrogens is 498 g/mol. The minimum atomic E-state index is -0.453. The number of fused-ring (bicyclic) bond motifs is 1. The lowest BCUT2D eigenvalue weighted by Gasteiger charge is -2.37. The largest absolute Gasteiger partial charge is 0.491 e. The Morgan fingerprint density at radius 3 is 2.65 bits per heavy atom. The summed E-state index contributed by atoms with van der Waals surface area (Å²) in [5.74, 6) is -0.629. The number of furan rings is 1. The van der Waals surface area contributed by atoms with Gasteiger partial charge in [-0.25, -0.2) is 8.78 Å². The summed E-state index contributed by atoms with van der Waals surface area (Å²) in [5, 5.41) is 1.98. The first-order valence-electron chi connectivity index (χ1n) is 11.8. The van der Waals surface area contributed by atoms with Crippen LogP contribution in [0.2, 0.25) is 0 Å². The van der Waals surface area contributed by atoms with E-state index in [9.17, 15) is 18.4 Å². The molecule has 3 heterocycles. The number of thiophene rings is 1. The van der Waals surface area contributed by atoms with Crippen molar-refractivity contribution in [3.8, 4) is 5.75 Å². The van der Waals surface area contributed by atoms with Crippen molar-refractivity contribution in [2.45, 2.75) is 19.0 Å². The highest BCUT2D eigenvalue weighted by atomic mass is 32.1. The molecule has 2 amide bonds. The van der Waals surface area contributed by atoms with E-state index in [2.05, 4.69) is 0 Å². The van der Waals surface area contributed by atoms with Crippen molar-refractivity contribution in [3.63, 3.8) is 0 Å². The number of hydrogen-bond donors (Lipinski definition) is 0. The van der Waals surface area contributed by atoms with Crippen LogP contribution in [-0.4, -0.2) is 41.3 Å². The summed E-state index contributed by atoms with van der Waals surface area (Å²) in [6.45, 7) is 0.482. The van der Waals surface area contributed by atoms with Crippen molar-refractivity contribution >= 4 is 23.2 Å². The monoisotopic (exact) mass is 522 g/mol. The van der Waals surface area contributed by atoms with Gasteiger partial charge in [-0.15, -0.1) is 11.3 Å². The number of ether oxygens (including phenoxy) is 1. The van der Waals surface area contributed by atoms with E-state index >= 15 is 0 Å². The summed E-state index contributed by atoms with van der Waals surface area (Å²) >= 11 is 1.63. The zero-order valence-electron chi connectivity index (χ0n) is 19.8. The molecule has 5 rings (SSSR count). The molecule has 0 spiro atoms. The summed E-state index contributed by atoms with van der Waals surface area (Å²) in [5.41, 5.74) is 1.26. The summed E-state index contributed by atoms with van der Waals surface area (Å²) in [6, 6.07) is 16.1. The Kier molecular flexibility index (Phi) is 7.32. The molecule has 0 fully saturated rings. The van der Waals surface area contributed by atoms with Crippen LogP contribution in [0.1, 0.15) is 32.6 Å². The van der Waals surface area contributed by atoms with E-state index in [4.69, 9.17) is 9.15 Å². The first-order valence-corrected chi connectivity index (χ1v) is 12.7. The number of carbonyl (C=O) groups is 2. The van der Waals surface area contributed by atoms with Gasteiger partial charge in [0.05, 0.1) is 18.8 Å². The van der Waals surface area contributed by atoms with E-state index < -0.39 is 23.6 Å². The zero-order chi connectivity index (χ0) is 25.8. The molecule has 0 radical (unpaired) electrons. The molecular formula is C28H24F2N2O4S. The third-order valence-electron chi connectivity index (χ3n) is 6.25. The van der Waals surface area contributed by atoms with Gasteiger partial charge in [-0.1, -0.05) is 6.07 Å². The first kappa shape index (κ1) is 24.7. The van der Waals surface area contributed by atoms with Crippen molar-refractivity contribution in [1.29, 1.82) is 0 Å². The average molecular weight is 523 g/mol. The Labute approximate surface area is 216 Å². The molecule has 1 atom stereocenters. The van der Waals surface area contributed by atoms with Crippen LogP contribution >= 0.6 is 11.3 Å². The second kappa shape index (κ2) is 11.0. The van der Waals surface area contributed by atoms with E-state index in [0.717, 1.165) is 5.56 Å². The van der Waals surface area contributed by atoms with Gasteiger partial charge in [-0.2, -0.15) is 0 Å². The Hall–Kier alpha value is -3.98. The van der Waals surface area contributed by atoms with Gasteiger partial charge in [0.1, 0.15) is 36.3 Å². The molecule has 4 aromatic rings. The molecule has 9 heteroatoms. The van der Waals surface area contributed by atoms with Crippen LogP contribution in [0.4, 0.5) is 8.78 Å². The lowest BCUT2D eigenvalue weighted by molar-refractivity contribution is -0.135. The van der Waals surface area contributed by atoms with Crippen molar-refractivity contribution in [2.24, 2.45) is 0 Å². The van der Waals surface area contributed by atoms with Crippen LogP contribution < -0.4 is 4.74 Å². The minimum Gasteiger partial charge on any atom is -0.491 e. The molecule has 2 aromatic carbocycles. The second-order valence-corrected chi connectivity index (χ2v) is 9.67. The van der Waals surface area contributed by atoms with Crippen LogP contribution in [0.15, 0.2) is 82.8 Å². The van der Waals surface area contributed by atoms with Crippen molar-refractivity contribution in [3.05, 3.63) is 112 Å². The summed E-state index contributed by atoms with van der Waals surface area (Å²) in [6.07, 6.45) is 2.19. The van der Waals surface area contributed by atoms with E-state index in [1.54, 1.807) is 40.5 Å². The molecule has 0 saturated heterocycles. The van der Waals surface area contributed by atoms with Crippen LogP contribution in [0.3, 0.4) is 0 Å². The normalized spacial score (nSPS) is 14.8. The van der Waals surface area contributed by atoms with Gasteiger partial charge in [-0.3, -0.25) is 9.59 Å². The van der Waals surface area contributed by atoms with E-state index in [0.29, 0.717) is 24.5 Å². The van der Waals surface area contributed by atoms with Crippen LogP contribution in [0.25, 0.3) is 0 Å². The zero-order valence-corrected chi connectivity index (χ0v) is 20.6. The maximum atomic E-state index is 13.7. The molecule has 2 aromatic heterocycles. The highest BCUT2D eigenvalue weighted by molar-refractivity contribution is 7.10. The Balaban J connectivity index is 1.37. The van der Waals surface area contributed by atoms with Gasteiger partial charge >= 0.3 is 0 Å². The lowest BCUT2D eigenvalue weighted by Crippen LogP contribution is -2.47. The number of halogens is 2. The van der Waals surface area contributed by atoms with E-state index in [-0.39, 0.29) is 31.2 Å². The number of rotatable bonds is 8. The number of benzene rings is 2. The first-order chi connectivity index (χ1) is 18.0. The van der Waals surface area contributed by atoms with Gasteiger partial charge in [-0.05, 0) is 72.0 Å². The fourth-order valence-corrected chi connectivity index (χ4v) is 5.35. The molecule has 190 valence electrons. The molecule has 0 N–H and O–H groups in total. The predicted molar refractivity (Wildman–Crippen MR) is 134 cm³/mol. The average Bonchev–Trinajstić information content (AvgIpc) is 3.59. The third-order valence-corrected chi connectivity index (χ3v) is 7.25. The Morgan fingerprint density at radius 1 is 1.05 bits per heavy atom.